The van der Waals surface area contributed by atoms with E-state index in [1.54, 1.807) is 19.1 Å². The van der Waals surface area contributed by atoms with Crippen molar-refractivity contribution < 1.29 is 32.6 Å². The molecular formula is C27H23F2N3O5S. The summed E-state index contributed by atoms with van der Waals surface area (Å²) >= 11 is 1.000. The monoisotopic (exact) mass is 539 g/mol. The third-order valence-electron chi connectivity index (χ3n) is 5.42. The maximum atomic E-state index is 13.5. The zero-order chi connectivity index (χ0) is 27.8. The molecule has 0 spiro atoms. The normalized spacial score (nSPS) is 14.8. The number of benzene rings is 2. The van der Waals surface area contributed by atoms with E-state index in [0.717, 1.165) is 23.9 Å². The van der Waals surface area contributed by atoms with Gasteiger partial charge in [0.15, 0.2) is 11.6 Å². The van der Waals surface area contributed by atoms with Crippen molar-refractivity contribution in [3.63, 3.8) is 0 Å². The third kappa shape index (κ3) is 6.46. The lowest BCUT2D eigenvalue weighted by molar-refractivity contribution is -0.138. The average Bonchev–Trinajstić information content (AvgIpc) is 2.91. The summed E-state index contributed by atoms with van der Waals surface area (Å²) in [6.45, 7) is 5.13. The number of methoxy groups -OCH3 is 1. The van der Waals surface area contributed by atoms with Crippen LogP contribution in [-0.4, -0.2) is 37.3 Å². The molecule has 8 nitrogen and oxygen atoms in total. The highest BCUT2D eigenvalue weighted by atomic mass is 32.2. The Morgan fingerprint density at radius 1 is 1.16 bits per heavy atom. The maximum Gasteiger partial charge on any atom is 0.337 e. The predicted molar refractivity (Wildman–Crippen MR) is 138 cm³/mol. The summed E-state index contributed by atoms with van der Waals surface area (Å²) in [6.07, 6.45) is 1.41. The number of allylic oxidation sites excluding steroid dienone is 2. The van der Waals surface area contributed by atoms with Crippen LogP contribution in [0.2, 0.25) is 0 Å². The van der Waals surface area contributed by atoms with E-state index in [1.165, 1.54) is 31.4 Å². The van der Waals surface area contributed by atoms with E-state index < -0.39 is 35.4 Å². The number of rotatable bonds is 9. The van der Waals surface area contributed by atoms with Gasteiger partial charge in [0, 0.05) is 17.5 Å². The molecule has 0 saturated carbocycles. The molecule has 3 rings (SSSR count). The van der Waals surface area contributed by atoms with Gasteiger partial charge >= 0.3 is 11.9 Å². The number of hydrogen-bond acceptors (Lipinski definition) is 8. The zero-order valence-electron chi connectivity index (χ0n) is 20.5. The minimum absolute atomic E-state index is 0.0407. The van der Waals surface area contributed by atoms with Crippen molar-refractivity contribution in [2.45, 2.75) is 12.8 Å². The number of carbonyl (C=O) groups excluding carboxylic acids is 3. The van der Waals surface area contributed by atoms with Crippen LogP contribution in [0.3, 0.4) is 0 Å². The fourth-order valence-electron chi connectivity index (χ4n) is 3.68. The first kappa shape index (κ1) is 28.1. The van der Waals surface area contributed by atoms with E-state index in [4.69, 9.17) is 9.47 Å². The molecule has 1 heterocycles. The average molecular weight is 540 g/mol. The van der Waals surface area contributed by atoms with E-state index in [9.17, 15) is 28.4 Å². The number of amides is 1. The highest BCUT2D eigenvalue weighted by Crippen LogP contribution is 2.41. The first-order valence-corrected chi connectivity index (χ1v) is 12.1. The molecule has 0 aromatic heterocycles. The highest BCUT2D eigenvalue weighted by molar-refractivity contribution is 8.03. The molecule has 0 saturated heterocycles. The molecule has 2 aromatic carbocycles. The summed E-state index contributed by atoms with van der Waals surface area (Å²) in [5.74, 6) is -4.90. The Morgan fingerprint density at radius 3 is 2.47 bits per heavy atom. The van der Waals surface area contributed by atoms with E-state index in [0.29, 0.717) is 16.3 Å². The third-order valence-corrected chi connectivity index (χ3v) is 6.43. The lowest BCUT2D eigenvalue weighted by atomic mass is 9.82. The van der Waals surface area contributed by atoms with Crippen molar-refractivity contribution in [3.8, 4) is 6.07 Å². The second kappa shape index (κ2) is 12.7. The minimum Gasteiger partial charge on any atom is -0.465 e. The van der Waals surface area contributed by atoms with Crippen molar-refractivity contribution in [1.29, 1.82) is 5.26 Å². The second-order valence-electron chi connectivity index (χ2n) is 7.92. The molecule has 11 heteroatoms. The summed E-state index contributed by atoms with van der Waals surface area (Å²) in [5.41, 5.74) is 1.64. The Balaban J connectivity index is 1.92. The molecule has 0 radical (unpaired) electrons. The van der Waals surface area contributed by atoms with E-state index in [1.807, 2.05) is 0 Å². The topological polar surface area (TPSA) is 118 Å². The van der Waals surface area contributed by atoms with Crippen molar-refractivity contribution in [2.75, 3.05) is 24.8 Å². The van der Waals surface area contributed by atoms with Gasteiger partial charge in [-0.05, 0) is 36.8 Å². The molecule has 196 valence electrons. The molecule has 2 aromatic rings. The molecule has 1 atom stereocenters. The van der Waals surface area contributed by atoms with Crippen molar-refractivity contribution in [3.05, 3.63) is 99.8 Å². The number of anilines is 1. The van der Waals surface area contributed by atoms with Gasteiger partial charge in [-0.3, -0.25) is 4.79 Å². The maximum absolute atomic E-state index is 13.5. The highest BCUT2D eigenvalue weighted by Gasteiger charge is 2.35. The lowest BCUT2D eigenvalue weighted by Crippen LogP contribution is -2.29. The molecule has 0 aliphatic carbocycles. The number of thioether (sulfide) groups is 1. The summed E-state index contributed by atoms with van der Waals surface area (Å²) in [4.78, 5) is 37.3. The second-order valence-corrected chi connectivity index (χ2v) is 8.90. The smallest absolute Gasteiger partial charge is 0.337 e. The largest absolute Gasteiger partial charge is 0.465 e. The van der Waals surface area contributed by atoms with Gasteiger partial charge in [-0.15, -0.1) is 0 Å². The number of esters is 2. The van der Waals surface area contributed by atoms with Crippen LogP contribution in [0.1, 0.15) is 28.8 Å². The Hall–Kier alpha value is -4.43. The van der Waals surface area contributed by atoms with Crippen LogP contribution in [0.4, 0.5) is 14.5 Å². The van der Waals surface area contributed by atoms with Crippen LogP contribution in [0.25, 0.3) is 0 Å². The number of dihydropyridines is 1. The molecule has 1 amide bonds. The standard InChI is InChI=1S/C27H23F2N3O5S/c1-4-11-37-27(35)23-15(2)31-25(38-14-22(33)32-18-9-10-20(28)21(29)12-18)19(13-30)24(23)16-5-7-17(8-6-16)26(34)36-3/h4-10,12,24,31H,1,11,14H2,2-3H3,(H,32,33). The van der Waals surface area contributed by atoms with Gasteiger partial charge in [-0.1, -0.05) is 36.5 Å². The quantitative estimate of drug-likeness (QED) is 0.352. The van der Waals surface area contributed by atoms with Crippen molar-refractivity contribution in [2.24, 2.45) is 0 Å². The Bertz CT molecular complexity index is 1380. The van der Waals surface area contributed by atoms with Crippen LogP contribution in [0.5, 0.6) is 0 Å². The predicted octanol–water partition coefficient (Wildman–Crippen LogP) is 4.55. The summed E-state index contributed by atoms with van der Waals surface area (Å²) in [6, 6.07) is 11.3. The number of nitrogens with zero attached hydrogens (tertiary/aromatic N) is 1. The molecule has 38 heavy (non-hydrogen) atoms. The Morgan fingerprint density at radius 2 is 1.87 bits per heavy atom. The minimum atomic E-state index is -1.10. The van der Waals surface area contributed by atoms with Gasteiger partial charge in [0.1, 0.15) is 6.61 Å². The number of carbonyl (C=O) groups is 3. The van der Waals surface area contributed by atoms with Gasteiger partial charge in [0.2, 0.25) is 5.91 Å². The number of hydrogen-bond donors (Lipinski definition) is 2. The Kier molecular flexibility index (Phi) is 9.40. The molecular weight excluding hydrogens is 516 g/mol. The van der Waals surface area contributed by atoms with Crippen LogP contribution in [0.15, 0.2) is 77.0 Å². The first-order valence-electron chi connectivity index (χ1n) is 11.2. The summed E-state index contributed by atoms with van der Waals surface area (Å²) in [5, 5.41) is 15.9. The molecule has 0 bridgehead atoms. The van der Waals surface area contributed by atoms with Crippen LogP contribution >= 0.6 is 11.8 Å². The molecule has 1 unspecified atom stereocenters. The number of halogens is 2. The van der Waals surface area contributed by atoms with Crippen LogP contribution in [-0.2, 0) is 19.1 Å². The number of ether oxygens (including phenoxy) is 2. The fourth-order valence-corrected chi connectivity index (χ4v) is 4.57. The van der Waals surface area contributed by atoms with E-state index in [-0.39, 0.29) is 34.8 Å². The molecule has 0 fully saturated rings. The SMILES string of the molecule is C=CCOC(=O)C1=C(C)NC(SCC(=O)Nc2ccc(F)c(F)c2)=C(C#N)C1c1ccc(C(=O)OC)cc1. The molecule has 1 aliphatic heterocycles. The number of nitrogens with one attached hydrogen (secondary N) is 2. The molecule has 1 aliphatic rings. The van der Waals surface area contributed by atoms with Crippen molar-refractivity contribution >= 4 is 35.3 Å². The fraction of sp³-hybridized carbons (Fsp3) is 0.185. The van der Waals surface area contributed by atoms with Gasteiger partial charge < -0.3 is 20.1 Å². The zero-order valence-corrected chi connectivity index (χ0v) is 21.3. The first-order chi connectivity index (χ1) is 18.2. The van der Waals surface area contributed by atoms with E-state index >= 15 is 0 Å². The van der Waals surface area contributed by atoms with Gasteiger partial charge in [0.05, 0.1) is 46.6 Å². The lowest BCUT2D eigenvalue weighted by Gasteiger charge is -2.29. The van der Waals surface area contributed by atoms with Gasteiger partial charge in [-0.2, -0.15) is 5.26 Å². The van der Waals surface area contributed by atoms with Crippen molar-refractivity contribution in [1.82, 2.24) is 5.32 Å². The van der Waals surface area contributed by atoms with Gasteiger partial charge in [0.25, 0.3) is 0 Å². The number of nitriles is 1. The van der Waals surface area contributed by atoms with Crippen LogP contribution in [0, 0.1) is 23.0 Å². The summed E-state index contributed by atoms with van der Waals surface area (Å²) < 4.78 is 36.6. The summed E-state index contributed by atoms with van der Waals surface area (Å²) in [7, 11) is 1.26. The van der Waals surface area contributed by atoms with E-state index in [2.05, 4.69) is 23.3 Å². The van der Waals surface area contributed by atoms with Crippen LogP contribution < -0.4 is 10.6 Å². The molecule has 2 N–H and O–H groups in total. The van der Waals surface area contributed by atoms with Gasteiger partial charge in [-0.25, -0.2) is 18.4 Å². The Labute approximate surface area is 222 Å².